The maximum Gasteiger partial charge on any atom is 0.130 e. The number of hydrogen-bond acceptors (Lipinski definition) is 5. The molecule has 5 nitrogen and oxygen atoms in total. The lowest BCUT2D eigenvalue weighted by atomic mass is 10.1. The maximum absolute atomic E-state index is 6.01. The van der Waals surface area contributed by atoms with Crippen molar-refractivity contribution in [1.82, 2.24) is 15.2 Å². The number of nitrogens with zero attached hydrogens (tertiary/aromatic N) is 2. The van der Waals surface area contributed by atoms with Gasteiger partial charge in [0.2, 0.25) is 0 Å². The van der Waals surface area contributed by atoms with Crippen molar-refractivity contribution in [3.63, 3.8) is 0 Å². The fourth-order valence-electron chi connectivity index (χ4n) is 3.00. The highest BCUT2D eigenvalue weighted by atomic mass is 16.5. The predicted octanol–water partition coefficient (Wildman–Crippen LogP) is 3.24. The number of aromatic nitrogens is 1. The van der Waals surface area contributed by atoms with Gasteiger partial charge in [-0.2, -0.15) is 0 Å². The van der Waals surface area contributed by atoms with E-state index >= 15 is 0 Å². The molecule has 1 N–H and O–H groups in total. The summed E-state index contributed by atoms with van der Waals surface area (Å²) in [5, 5.41) is 3.56. The number of nitrogens with one attached hydrogen (secondary N) is 1. The Kier molecular flexibility index (Phi) is 6.47. The Bertz CT molecular complexity index is 689. The first kappa shape index (κ1) is 18.7. The van der Waals surface area contributed by atoms with Gasteiger partial charge in [0.05, 0.1) is 12.8 Å². The molecule has 0 spiro atoms. The van der Waals surface area contributed by atoms with Crippen LogP contribution < -0.4 is 14.8 Å². The van der Waals surface area contributed by atoms with Crippen LogP contribution in [-0.2, 0) is 13.2 Å². The zero-order valence-corrected chi connectivity index (χ0v) is 15.9. The predicted molar refractivity (Wildman–Crippen MR) is 104 cm³/mol. The van der Waals surface area contributed by atoms with Crippen molar-refractivity contribution in [2.45, 2.75) is 45.0 Å². The highest BCUT2D eigenvalue weighted by molar-refractivity contribution is 5.40. The zero-order chi connectivity index (χ0) is 18.4. The molecule has 1 saturated carbocycles. The second-order valence-corrected chi connectivity index (χ2v) is 6.96. The number of rotatable bonds is 10. The standard InChI is InChI=1S/C21H29N3O2/c1-16(24(2)19-7-8-19)13-22-14-17-12-20(25-3)9-10-21(17)26-15-18-6-4-5-11-23-18/h4-6,9-12,16,19,22H,7-8,13-15H2,1-3H3. The average Bonchev–Trinajstić information content (AvgIpc) is 3.52. The van der Waals surface area contributed by atoms with E-state index in [2.05, 4.69) is 29.2 Å². The van der Waals surface area contributed by atoms with Gasteiger partial charge in [0.25, 0.3) is 0 Å². The van der Waals surface area contributed by atoms with E-state index in [1.807, 2.05) is 36.4 Å². The molecule has 1 aliphatic rings. The molecule has 2 aromatic rings. The topological polar surface area (TPSA) is 46.6 Å². The lowest BCUT2D eigenvalue weighted by Crippen LogP contribution is -2.38. The van der Waals surface area contributed by atoms with Crippen LogP contribution in [0.4, 0.5) is 0 Å². The highest BCUT2D eigenvalue weighted by Gasteiger charge is 2.28. The van der Waals surface area contributed by atoms with Gasteiger partial charge in [-0.25, -0.2) is 0 Å². The highest BCUT2D eigenvalue weighted by Crippen LogP contribution is 2.27. The molecule has 140 valence electrons. The normalized spacial score (nSPS) is 15.1. The van der Waals surface area contributed by atoms with E-state index in [-0.39, 0.29) is 0 Å². The number of hydrogen-bond donors (Lipinski definition) is 1. The molecule has 1 heterocycles. The van der Waals surface area contributed by atoms with Crippen LogP contribution in [0.5, 0.6) is 11.5 Å². The van der Waals surface area contributed by atoms with Gasteiger partial charge in [0, 0.05) is 36.9 Å². The molecule has 1 aliphatic carbocycles. The lowest BCUT2D eigenvalue weighted by Gasteiger charge is -2.25. The minimum Gasteiger partial charge on any atom is -0.497 e. The van der Waals surface area contributed by atoms with E-state index in [9.17, 15) is 0 Å². The first-order valence-electron chi connectivity index (χ1n) is 9.29. The molecule has 5 heteroatoms. The Balaban J connectivity index is 1.58. The summed E-state index contributed by atoms with van der Waals surface area (Å²) in [4.78, 5) is 6.78. The molecule has 0 bridgehead atoms. The van der Waals surface area contributed by atoms with Gasteiger partial charge >= 0.3 is 0 Å². The van der Waals surface area contributed by atoms with Crippen LogP contribution in [0.1, 0.15) is 31.0 Å². The molecular weight excluding hydrogens is 326 g/mol. The van der Waals surface area contributed by atoms with Crippen molar-refractivity contribution in [2.75, 3.05) is 20.7 Å². The van der Waals surface area contributed by atoms with Crippen LogP contribution >= 0.6 is 0 Å². The van der Waals surface area contributed by atoms with E-state index in [1.54, 1.807) is 13.3 Å². The van der Waals surface area contributed by atoms with Gasteiger partial charge in [-0.3, -0.25) is 9.88 Å². The molecule has 1 atom stereocenters. The Morgan fingerprint density at radius 1 is 1.27 bits per heavy atom. The first-order chi connectivity index (χ1) is 12.7. The molecule has 0 saturated heterocycles. The van der Waals surface area contributed by atoms with Crippen molar-refractivity contribution in [2.24, 2.45) is 0 Å². The van der Waals surface area contributed by atoms with Crippen molar-refractivity contribution in [3.8, 4) is 11.5 Å². The summed E-state index contributed by atoms with van der Waals surface area (Å²) >= 11 is 0. The summed E-state index contributed by atoms with van der Waals surface area (Å²) < 4.78 is 11.4. The molecule has 0 aliphatic heterocycles. The van der Waals surface area contributed by atoms with Gasteiger partial charge in [-0.1, -0.05) is 6.07 Å². The summed E-state index contributed by atoms with van der Waals surface area (Å²) in [5.41, 5.74) is 2.02. The SMILES string of the molecule is COc1ccc(OCc2ccccn2)c(CNCC(C)N(C)C2CC2)c1. The number of methoxy groups -OCH3 is 1. The molecule has 0 radical (unpaired) electrons. The third-order valence-corrected chi connectivity index (χ3v) is 4.94. The average molecular weight is 355 g/mol. The van der Waals surface area contributed by atoms with Crippen LogP contribution in [0.25, 0.3) is 0 Å². The number of benzene rings is 1. The van der Waals surface area contributed by atoms with Crippen LogP contribution in [0.15, 0.2) is 42.6 Å². The van der Waals surface area contributed by atoms with Crippen LogP contribution in [0.3, 0.4) is 0 Å². The summed E-state index contributed by atoms with van der Waals surface area (Å²) in [6.07, 6.45) is 4.46. The molecule has 26 heavy (non-hydrogen) atoms. The molecule has 1 unspecified atom stereocenters. The van der Waals surface area contributed by atoms with Crippen molar-refractivity contribution in [3.05, 3.63) is 53.9 Å². The Morgan fingerprint density at radius 3 is 2.81 bits per heavy atom. The maximum atomic E-state index is 6.01. The number of pyridine rings is 1. The molecular formula is C21H29N3O2. The molecule has 3 rings (SSSR count). The van der Waals surface area contributed by atoms with Crippen molar-refractivity contribution < 1.29 is 9.47 Å². The molecule has 0 amide bonds. The molecule has 1 fully saturated rings. The third-order valence-electron chi connectivity index (χ3n) is 4.94. The van der Waals surface area contributed by atoms with Crippen LogP contribution in [0.2, 0.25) is 0 Å². The van der Waals surface area contributed by atoms with Gasteiger partial charge < -0.3 is 14.8 Å². The van der Waals surface area contributed by atoms with Gasteiger partial charge in [-0.15, -0.1) is 0 Å². The fraction of sp³-hybridized carbons (Fsp3) is 0.476. The smallest absolute Gasteiger partial charge is 0.130 e. The number of likely N-dealkylation sites (N-methyl/N-ethyl adjacent to an activating group) is 1. The summed E-state index contributed by atoms with van der Waals surface area (Å²) in [6, 6.07) is 13.1. The lowest BCUT2D eigenvalue weighted by molar-refractivity contribution is 0.240. The van der Waals surface area contributed by atoms with Crippen LogP contribution in [0, 0.1) is 0 Å². The van der Waals surface area contributed by atoms with Crippen LogP contribution in [-0.4, -0.2) is 42.7 Å². The minimum atomic E-state index is 0.459. The van der Waals surface area contributed by atoms with E-state index in [1.165, 1.54) is 12.8 Å². The number of ether oxygens (including phenoxy) is 2. The molecule has 1 aromatic carbocycles. The Labute approximate surface area is 156 Å². The second-order valence-electron chi connectivity index (χ2n) is 6.96. The van der Waals surface area contributed by atoms with Gasteiger partial charge in [0.15, 0.2) is 0 Å². The minimum absolute atomic E-state index is 0.459. The monoisotopic (exact) mass is 355 g/mol. The second kappa shape index (κ2) is 9.01. The van der Waals surface area contributed by atoms with E-state index in [0.29, 0.717) is 12.6 Å². The van der Waals surface area contributed by atoms with Gasteiger partial charge in [-0.05, 0) is 57.1 Å². The van der Waals surface area contributed by atoms with E-state index in [4.69, 9.17) is 9.47 Å². The first-order valence-corrected chi connectivity index (χ1v) is 9.29. The fourth-order valence-corrected chi connectivity index (χ4v) is 3.00. The summed E-state index contributed by atoms with van der Waals surface area (Å²) in [6.45, 7) is 4.43. The third kappa shape index (κ3) is 5.19. The summed E-state index contributed by atoms with van der Waals surface area (Å²) in [5.74, 6) is 1.71. The van der Waals surface area contributed by atoms with E-state index < -0.39 is 0 Å². The molecule has 1 aromatic heterocycles. The van der Waals surface area contributed by atoms with Gasteiger partial charge in [0.1, 0.15) is 18.1 Å². The van der Waals surface area contributed by atoms with Crippen molar-refractivity contribution in [1.29, 1.82) is 0 Å². The van der Waals surface area contributed by atoms with E-state index in [0.717, 1.165) is 41.9 Å². The Morgan fingerprint density at radius 2 is 2.12 bits per heavy atom. The zero-order valence-electron chi connectivity index (χ0n) is 15.9. The largest absolute Gasteiger partial charge is 0.497 e. The summed E-state index contributed by atoms with van der Waals surface area (Å²) in [7, 11) is 3.91. The Hall–Kier alpha value is -2.11. The van der Waals surface area contributed by atoms with Crippen molar-refractivity contribution >= 4 is 0 Å². The quantitative estimate of drug-likeness (QED) is 0.709.